The Labute approximate surface area is 97.6 Å². The predicted molar refractivity (Wildman–Crippen MR) is 66.0 cm³/mol. The molecule has 0 radical (unpaired) electrons. The van der Waals surface area contributed by atoms with E-state index in [0.717, 1.165) is 12.0 Å². The van der Waals surface area contributed by atoms with Crippen LogP contribution in [0, 0.1) is 11.8 Å². The quantitative estimate of drug-likeness (QED) is 0.756. The van der Waals surface area contributed by atoms with E-state index in [-0.39, 0.29) is 5.92 Å². The first kappa shape index (κ1) is 12.8. The van der Waals surface area contributed by atoms with Crippen molar-refractivity contribution >= 4 is 9.84 Å². The summed E-state index contributed by atoms with van der Waals surface area (Å²) in [6.45, 7) is 3.85. The van der Waals surface area contributed by atoms with Gasteiger partial charge in [-0.25, -0.2) is 8.42 Å². The van der Waals surface area contributed by atoms with Crippen LogP contribution in [0.3, 0.4) is 0 Å². The topological polar surface area (TPSA) is 34.1 Å². The van der Waals surface area contributed by atoms with Crippen molar-refractivity contribution in [2.24, 2.45) is 0 Å². The van der Waals surface area contributed by atoms with Crippen LogP contribution in [0.1, 0.15) is 31.7 Å². The largest absolute Gasteiger partial charge is 0.224 e. The summed E-state index contributed by atoms with van der Waals surface area (Å²) in [5.41, 5.74) is 1.02. The first-order chi connectivity index (χ1) is 7.45. The van der Waals surface area contributed by atoms with Crippen LogP contribution in [-0.2, 0) is 9.84 Å². The van der Waals surface area contributed by atoms with Crippen LogP contribution in [0.2, 0.25) is 0 Å². The van der Waals surface area contributed by atoms with Gasteiger partial charge in [0.2, 0.25) is 0 Å². The number of hydrogen-bond acceptors (Lipinski definition) is 2. The molecule has 1 atom stereocenters. The molecule has 0 amide bonds. The number of rotatable bonds is 3. The molecule has 0 bridgehead atoms. The van der Waals surface area contributed by atoms with Gasteiger partial charge >= 0.3 is 0 Å². The summed E-state index contributed by atoms with van der Waals surface area (Å²) in [5.74, 6) is 6.11. The van der Waals surface area contributed by atoms with Crippen LogP contribution < -0.4 is 0 Å². The summed E-state index contributed by atoms with van der Waals surface area (Å²) in [5, 5.41) is 0. The number of sulfone groups is 1. The molecule has 0 aliphatic rings. The zero-order valence-corrected chi connectivity index (χ0v) is 10.6. The van der Waals surface area contributed by atoms with Gasteiger partial charge in [-0.15, -0.1) is 11.8 Å². The van der Waals surface area contributed by atoms with Crippen molar-refractivity contribution in [3.8, 4) is 11.8 Å². The molecule has 0 aliphatic heterocycles. The monoisotopic (exact) mass is 236 g/mol. The highest BCUT2D eigenvalue weighted by atomic mass is 32.2. The van der Waals surface area contributed by atoms with Gasteiger partial charge in [-0.05, 0) is 30.5 Å². The molecule has 0 saturated carbocycles. The zero-order valence-electron chi connectivity index (χ0n) is 9.82. The number of hydrogen-bond donors (Lipinski definition) is 0. The van der Waals surface area contributed by atoms with Crippen molar-refractivity contribution in [3.63, 3.8) is 0 Å². The Morgan fingerprint density at radius 1 is 1.38 bits per heavy atom. The second-order valence-corrected chi connectivity index (χ2v) is 5.89. The van der Waals surface area contributed by atoms with Gasteiger partial charge in [-0.2, -0.15) is 0 Å². The summed E-state index contributed by atoms with van der Waals surface area (Å²) in [6, 6.07) is 7.08. The van der Waals surface area contributed by atoms with Crippen LogP contribution >= 0.6 is 0 Å². The molecule has 2 nitrogen and oxygen atoms in total. The SMILES string of the molecule is CC#CCC(C)c1cccc(S(C)(=O)=O)c1. The summed E-state index contributed by atoms with van der Waals surface area (Å²) in [4.78, 5) is 0.376. The van der Waals surface area contributed by atoms with Gasteiger partial charge in [0.1, 0.15) is 0 Å². The molecule has 0 aliphatic carbocycles. The van der Waals surface area contributed by atoms with E-state index in [1.807, 2.05) is 13.0 Å². The van der Waals surface area contributed by atoms with Crippen molar-refractivity contribution in [2.75, 3.05) is 6.26 Å². The van der Waals surface area contributed by atoms with Crippen LogP contribution in [0.4, 0.5) is 0 Å². The summed E-state index contributed by atoms with van der Waals surface area (Å²) in [6.07, 6.45) is 1.98. The van der Waals surface area contributed by atoms with Gasteiger partial charge in [-0.1, -0.05) is 19.1 Å². The molecule has 1 aromatic carbocycles. The maximum Gasteiger partial charge on any atom is 0.175 e. The Hall–Kier alpha value is -1.27. The molecule has 0 saturated heterocycles. The van der Waals surface area contributed by atoms with Crippen molar-refractivity contribution < 1.29 is 8.42 Å². The number of benzene rings is 1. The Balaban J connectivity index is 3.02. The van der Waals surface area contributed by atoms with Crippen LogP contribution in [0.15, 0.2) is 29.2 Å². The van der Waals surface area contributed by atoms with Crippen LogP contribution in [0.5, 0.6) is 0 Å². The molecule has 1 aromatic rings. The minimum Gasteiger partial charge on any atom is -0.224 e. The maximum atomic E-state index is 11.4. The Morgan fingerprint density at radius 2 is 2.06 bits per heavy atom. The third kappa shape index (κ3) is 3.39. The molecular formula is C13H16O2S. The molecule has 0 N–H and O–H groups in total. The van der Waals surface area contributed by atoms with E-state index in [1.54, 1.807) is 25.1 Å². The minimum atomic E-state index is -3.12. The second kappa shape index (κ2) is 5.18. The summed E-state index contributed by atoms with van der Waals surface area (Å²) in [7, 11) is -3.12. The third-order valence-electron chi connectivity index (χ3n) is 2.44. The van der Waals surface area contributed by atoms with Gasteiger partial charge in [0.15, 0.2) is 9.84 Å². The van der Waals surface area contributed by atoms with E-state index < -0.39 is 9.84 Å². The third-order valence-corrected chi connectivity index (χ3v) is 3.55. The molecule has 0 fully saturated rings. The highest BCUT2D eigenvalue weighted by molar-refractivity contribution is 7.90. The van der Waals surface area contributed by atoms with E-state index in [2.05, 4.69) is 11.8 Å². The highest BCUT2D eigenvalue weighted by Crippen LogP contribution is 2.21. The standard InChI is InChI=1S/C13H16O2S/c1-4-5-7-11(2)12-8-6-9-13(10-12)16(3,14)15/h6,8-11H,7H2,1-3H3. The van der Waals surface area contributed by atoms with Crippen molar-refractivity contribution in [2.45, 2.75) is 31.1 Å². The minimum absolute atomic E-state index is 0.258. The smallest absolute Gasteiger partial charge is 0.175 e. The lowest BCUT2D eigenvalue weighted by molar-refractivity contribution is 0.601. The lowest BCUT2D eigenvalue weighted by Crippen LogP contribution is -1.99. The van der Waals surface area contributed by atoms with Gasteiger partial charge < -0.3 is 0 Å². The molecule has 86 valence electrons. The van der Waals surface area contributed by atoms with E-state index >= 15 is 0 Å². The molecule has 0 heterocycles. The van der Waals surface area contributed by atoms with E-state index in [1.165, 1.54) is 6.26 Å². The van der Waals surface area contributed by atoms with E-state index in [4.69, 9.17) is 0 Å². The molecule has 1 unspecified atom stereocenters. The highest BCUT2D eigenvalue weighted by Gasteiger charge is 2.10. The van der Waals surface area contributed by atoms with Crippen molar-refractivity contribution in [1.29, 1.82) is 0 Å². The predicted octanol–water partition coefficient (Wildman–Crippen LogP) is 2.61. The second-order valence-electron chi connectivity index (χ2n) is 3.88. The van der Waals surface area contributed by atoms with Crippen molar-refractivity contribution in [1.82, 2.24) is 0 Å². The van der Waals surface area contributed by atoms with Crippen molar-refractivity contribution in [3.05, 3.63) is 29.8 Å². The molecule has 16 heavy (non-hydrogen) atoms. The van der Waals surface area contributed by atoms with Gasteiger partial charge in [0.05, 0.1) is 4.90 Å². The lowest BCUT2D eigenvalue weighted by Gasteiger charge is -2.09. The molecular weight excluding hydrogens is 220 g/mol. The van der Waals surface area contributed by atoms with Gasteiger partial charge in [0.25, 0.3) is 0 Å². The Bertz CT molecular complexity index is 518. The first-order valence-corrected chi connectivity index (χ1v) is 7.04. The Morgan fingerprint density at radius 3 is 2.62 bits per heavy atom. The fourth-order valence-electron chi connectivity index (χ4n) is 1.42. The molecule has 0 spiro atoms. The zero-order chi connectivity index (χ0) is 12.2. The van der Waals surface area contributed by atoms with Gasteiger partial charge in [0, 0.05) is 12.7 Å². The van der Waals surface area contributed by atoms with Crippen LogP contribution in [0.25, 0.3) is 0 Å². The lowest BCUT2D eigenvalue weighted by atomic mass is 9.98. The average molecular weight is 236 g/mol. The van der Waals surface area contributed by atoms with E-state index in [0.29, 0.717) is 4.90 Å². The normalized spacial score (nSPS) is 12.7. The molecule has 3 heteroatoms. The maximum absolute atomic E-state index is 11.4. The fraction of sp³-hybridized carbons (Fsp3) is 0.385. The average Bonchev–Trinajstić information content (AvgIpc) is 2.25. The molecule has 1 rings (SSSR count). The summed E-state index contributed by atoms with van der Waals surface area (Å²) < 4.78 is 22.8. The van der Waals surface area contributed by atoms with E-state index in [9.17, 15) is 8.42 Å². The Kier molecular flexibility index (Phi) is 4.14. The van der Waals surface area contributed by atoms with Gasteiger partial charge in [-0.3, -0.25) is 0 Å². The molecule has 0 aromatic heterocycles. The van der Waals surface area contributed by atoms with Crippen LogP contribution in [-0.4, -0.2) is 14.7 Å². The fourth-order valence-corrected chi connectivity index (χ4v) is 2.10. The summed E-state index contributed by atoms with van der Waals surface area (Å²) >= 11 is 0. The first-order valence-electron chi connectivity index (χ1n) is 5.14.